The van der Waals surface area contributed by atoms with Crippen LogP contribution in [0.4, 0.5) is 0 Å². The summed E-state index contributed by atoms with van der Waals surface area (Å²) in [6.45, 7) is 4.18. The maximum absolute atomic E-state index is 12.8. The molecular weight excluding hydrogens is 263 g/mol. The maximum Gasteiger partial charge on any atom is 0.354 e. The maximum atomic E-state index is 12.8. The average molecular weight is 283 g/mol. The van der Waals surface area contributed by atoms with E-state index in [0.717, 1.165) is 12.8 Å². The minimum atomic E-state index is -1.21. The molecule has 0 N–H and O–H groups in total. The summed E-state index contributed by atoms with van der Waals surface area (Å²) in [5, 5.41) is 0. The number of hydrogen-bond donors (Lipinski definition) is 0. The van der Waals surface area contributed by atoms with Crippen LogP contribution in [0, 0.1) is 13.8 Å². The molecule has 1 fully saturated rings. The second kappa shape index (κ2) is 5.50. The lowest BCUT2D eigenvalue weighted by atomic mass is 10.0. The molecule has 20 heavy (non-hydrogen) atoms. The van der Waals surface area contributed by atoms with Gasteiger partial charge in [0.1, 0.15) is 0 Å². The van der Waals surface area contributed by atoms with E-state index in [9.17, 15) is 4.57 Å². The summed E-state index contributed by atoms with van der Waals surface area (Å²) in [4.78, 5) is 0. The Morgan fingerprint density at radius 1 is 0.750 bits per heavy atom. The van der Waals surface area contributed by atoms with E-state index in [0.29, 0.717) is 0 Å². The van der Waals surface area contributed by atoms with E-state index in [1.54, 1.807) is 0 Å². The Morgan fingerprint density at radius 2 is 1.10 bits per heavy atom. The minimum absolute atomic E-state index is 0.233. The molecule has 0 amide bonds. The highest BCUT2D eigenvalue weighted by atomic mass is 31.1. The highest BCUT2D eigenvalue weighted by molar-refractivity contribution is 7.46. The third-order valence-electron chi connectivity index (χ3n) is 4.25. The van der Waals surface area contributed by atoms with Gasteiger partial charge in [0, 0.05) is 24.0 Å². The van der Waals surface area contributed by atoms with E-state index >= 15 is 0 Å². The molecule has 0 spiro atoms. The van der Waals surface area contributed by atoms with Crippen molar-refractivity contribution in [3.63, 3.8) is 0 Å². The summed E-state index contributed by atoms with van der Waals surface area (Å²) >= 11 is 0. The average Bonchev–Trinajstić information content (AvgIpc) is 2.83. The number of benzene rings is 2. The van der Waals surface area contributed by atoms with Crippen LogP contribution in [0.3, 0.4) is 0 Å². The second-order valence-corrected chi connectivity index (χ2v) is 7.76. The Balaban J connectivity index is 1.83. The lowest BCUT2D eigenvalue weighted by Gasteiger charge is -2.03. The zero-order chi connectivity index (χ0) is 14.1. The third-order valence-corrected chi connectivity index (χ3v) is 6.59. The van der Waals surface area contributed by atoms with Crippen molar-refractivity contribution in [2.45, 2.75) is 38.0 Å². The Kier molecular flexibility index (Phi) is 3.72. The van der Waals surface area contributed by atoms with Crippen LogP contribution >= 0.6 is 7.80 Å². The van der Waals surface area contributed by atoms with Crippen molar-refractivity contribution in [1.29, 1.82) is 0 Å². The Hall–Kier alpha value is -1.46. The molecule has 2 heteroatoms. The van der Waals surface area contributed by atoms with Crippen LogP contribution in [-0.2, 0) is 4.57 Å². The Morgan fingerprint density at radius 3 is 1.45 bits per heavy atom. The number of hydrogen-bond acceptors (Lipinski definition) is 1. The second-order valence-electron chi connectivity index (χ2n) is 5.79. The van der Waals surface area contributed by atoms with E-state index in [4.69, 9.17) is 0 Å². The molecule has 0 bridgehead atoms. The van der Waals surface area contributed by atoms with Crippen molar-refractivity contribution >= 4 is 7.80 Å². The van der Waals surface area contributed by atoms with E-state index in [-0.39, 0.29) is 11.3 Å². The molecule has 1 heterocycles. The standard InChI is InChI=1S/C18H20OP/c1-13-3-7-15(8-4-13)17-11-12-18(20(17)19)16-9-5-14(2)6-10-16/h3-10,17-18H,11-12H2,1-2H3/q+1. The van der Waals surface area contributed by atoms with Gasteiger partial charge in [-0.15, -0.1) is 0 Å². The van der Waals surface area contributed by atoms with Crippen molar-refractivity contribution in [2.24, 2.45) is 0 Å². The van der Waals surface area contributed by atoms with Gasteiger partial charge in [-0.05, 0) is 13.8 Å². The van der Waals surface area contributed by atoms with Gasteiger partial charge in [-0.1, -0.05) is 64.2 Å². The van der Waals surface area contributed by atoms with Crippen molar-refractivity contribution in [3.05, 3.63) is 70.8 Å². The Bertz CT molecular complexity index is 557. The fourth-order valence-corrected chi connectivity index (χ4v) is 5.17. The molecule has 1 aliphatic heterocycles. The first-order valence-electron chi connectivity index (χ1n) is 7.24. The third kappa shape index (κ3) is 2.55. The first-order chi connectivity index (χ1) is 9.65. The van der Waals surface area contributed by atoms with Gasteiger partial charge in [0.2, 0.25) is 0 Å². The van der Waals surface area contributed by atoms with Crippen LogP contribution in [0.5, 0.6) is 0 Å². The molecule has 1 nitrogen and oxygen atoms in total. The lowest BCUT2D eigenvalue weighted by molar-refractivity contribution is 0.581. The molecule has 3 rings (SSSR count). The molecule has 2 aromatic rings. The SMILES string of the molecule is Cc1ccc(C2CCC(c3ccc(C)cc3)[P+]2=O)cc1. The first kappa shape index (κ1) is 13.5. The molecule has 2 atom stereocenters. The molecule has 1 saturated heterocycles. The van der Waals surface area contributed by atoms with Gasteiger partial charge in [-0.25, -0.2) is 0 Å². The normalized spacial score (nSPS) is 24.0. The molecule has 102 valence electrons. The van der Waals surface area contributed by atoms with Crippen molar-refractivity contribution in [1.82, 2.24) is 0 Å². The van der Waals surface area contributed by atoms with Gasteiger partial charge in [-0.3, -0.25) is 0 Å². The van der Waals surface area contributed by atoms with Gasteiger partial charge in [0.05, 0.1) is 0 Å². The summed E-state index contributed by atoms with van der Waals surface area (Å²) in [7, 11) is -1.21. The zero-order valence-electron chi connectivity index (χ0n) is 12.0. The van der Waals surface area contributed by atoms with Gasteiger partial charge in [-0.2, -0.15) is 0 Å². The lowest BCUT2D eigenvalue weighted by Crippen LogP contribution is -1.90. The molecule has 0 aromatic heterocycles. The number of rotatable bonds is 2. The van der Waals surface area contributed by atoms with Crippen LogP contribution in [0.15, 0.2) is 48.5 Å². The molecule has 0 saturated carbocycles. The van der Waals surface area contributed by atoms with Crippen molar-refractivity contribution in [2.75, 3.05) is 0 Å². The smallest absolute Gasteiger partial charge is 0.0734 e. The van der Waals surface area contributed by atoms with E-state index < -0.39 is 7.80 Å². The topological polar surface area (TPSA) is 17.1 Å². The van der Waals surface area contributed by atoms with Crippen LogP contribution in [0.2, 0.25) is 0 Å². The fraction of sp³-hybridized carbons (Fsp3) is 0.333. The largest absolute Gasteiger partial charge is 0.354 e. The minimum Gasteiger partial charge on any atom is -0.0734 e. The van der Waals surface area contributed by atoms with Gasteiger partial charge in [0.15, 0.2) is 11.3 Å². The first-order valence-corrected chi connectivity index (χ1v) is 8.63. The van der Waals surface area contributed by atoms with E-state index in [1.807, 2.05) is 0 Å². The quantitative estimate of drug-likeness (QED) is 0.645. The molecule has 0 aliphatic carbocycles. The predicted molar refractivity (Wildman–Crippen MR) is 84.7 cm³/mol. The molecular formula is C18H20OP+. The predicted octanol–water partition coefficient (Wildman–Crippen LogP) is 5.71. The molecule has 1 aliphatic rings. The summed E-state index contributed by atoms with van der Waals surface area (Å²) < 4.78 is 12.8. The van der Waals surface area contributed by atoms with Crippen LogP contribution in [0.1, 0.15) is 46.4 Å². The summed E-state index contributed by atoms with van der Waals surface area (Å²) in [5.41, 5.74) is 5.47. The van der Waals surface area contributed by atoms with Crippen molar-refractivity contribution in [3.8, 4) is 0 Å². The van der Waals surface area contributed by atoms with Crippen molar-refractivity contribution < 1.29 is 4.57 Å². The highest BCUT2D eigenvalue weighted by Gasteiger charge is 2.47. The van der Waals surface area contributed by atoms with Gasteiger partial charge in [0.25, 0.3) is 0 Å². The van der Waals surface area contributed by atoms with Crippen LogP contribution < -0.4 is 0 Å². The summed E-state index contributed by atoms with van der Waals surface area (Å²) in [6.07, 6.45) is 2.08. The fourth-order valence-electron chi connectivity index (χ4n) is 2.99. The van der Waals surface area contributed by atoms with Crippen LogP contribution in [-0.4, -0.2) is 0 Å². The van der Waals surface area contributed by atoms with Gasteiger partial charge >= 0.3 is 7.80 Å². The van der Waals surface area contributed by atoms with E-state index in [2.05, 4.69) is 62.4 Å². The highest BCUT2D eigenvalue weighted by Crippen LogP contribution is 2.62. The van der Waals surface area contributed by atoms with E-state index in [1.165, 1.54) is 22.3 Å². The summed E-state index contributed by atoms with van der Waals surface area (Å²) in [5.74, 6) is 0. The monoisotopic (exact) mass is 283 g/mol. The molecule has 2 unspecified atom stereocenters. The zero-order valence-corrected chi connectivity index (χ0v) is 12.9. The Labute approximate surface area is 121 Å². The number of aryl methyl sites for hydroxylation is 2. The van der Waals surface area contributed by atoms with Crippen LogP contribution in [0.25, 0.3) is 0 Å². The molecule has 2 aromatic carbocycles. The van der Waals surface area contributed by atoms with Gasteiger partial charge < -0.3 is 0 Å². The molecule has 0 radical (unpaired) electrons. The summed E-state index contributed by atoms with van der Waals surface area (Å²) in [6, 6.07) is 17.1.